The van der Waals surface area contributed by atoms with Crippen LogP contribution in [0.25, 0.3) is 10.9 Å². The summed E-state index contributed by atoms with van der Waals surface area (Å²) in [5.41, 5.74) is 2.71. The van der Waals surface area contributed by atoms with Crippen LogP contribution in [0.1, 0.15) is 53.2 Å². The predicted octanol–water partition coefficient (Wildman–Crippen LogP) is 5.41. The zero-order chi connectivity index (χ0) is 14.3. The summed E-state index contributed by atoms with van der Waals surface area (Å²) >= 11 is 0. The quantitative estimate of drug-likeness (QED) is 0.664. The SMILES string of the molecule is CC(C)(C)C(c1ccc2ccccc2n1)C(C)(C)C. The lowest BCUT2D eigenvalue weighted by atomic mass is 9.65. The lowest BCUT2D eigenvalue weighted by Crippen LogP contribution is -2.31. The van der Waals surface area contributed by atoms with Gasteiger partial charge in [0.15, 0.2) is 0 Å². The molecule has 0 aliphatic carbocycles. The molecule has 2 rings (SSSR count). The third-order valence-electron chi connectivity index (χ3n) is 3.65. The molecule has 2 aromatic rings. The van der Waals surface area contributed by atoms with Crippen LogP contribution in [-0.4, -0.2) is 4.98 Å². The van der Waals surface area contributed by atoms with Crippen molar-refractivity contribution in [3.63, 3.8) is 0 Å². The molecule has 0 spiro atoms. The topological polar surface area (TPSA) is 12.9 Å². The van der Waals surface area contributed by atoms with Gasteiger partial charge in [-0.25, -0.2) is 0 Å². The van der Waals surface area contributed by atoms with E-state index in [1.807, 2.05) is 0 Å². The maximum atomic E-state index is 4.91. The standard InChI is InChI=1S/C18H25N/c1-17(2,3)16(18(4,5)6)15-12-11-13-9-7-8-10-14(13)19-15/h7-12,16H,1-6H3. The molecule has 1 aromatic carbocycles. The Morgan fingerprint density at radius 1 is 0.789 bits per heavy atom. The first kappa shape index (κ1) is 14.0. The summed E-state index contributed by atoms with van der Waals surface area (Å²) in [6.07, 6.45) is 0. The molecule has 1 nitrogen and oxygen atoms in total. The summed E-state index contributed by atoms with van der Waals surface area (Å²) < 4.78 is 0. The Kier molecular flexibility index (Phi) is 3.42. The van der Waals surface area contributed by atoms with E-state index in [-0.39, 0.29) is 10.8 Å². The van der Waals surface area contributed by atoms with Crippen LogP contribution in [0.3, 0.4) is 0 Å². The van der Waals surface area contributed by atoms with Gasteiger partial charge in [0.2, 0.25) is 0 Å². The number of hydrogen-bond acceptors (Lipinski definition) is 1. The molecule has 0 bridgehead atoms. The molecule has 0 atom stereocenters. The first-order valence-electron chi connectivity index (χ1n) is 7.05. The van der Waals surface area contributed by atoms with Crippen molar-refractivity contribution in [1.82, 2.24) is 4.98 Å². The lowest BCUT2D eigenvalue weighted by Gasteiger charge is -2.40. The number of para-hydroxylation sites is 1. The van der Waals surface area contributed by atoms with E-state index in [1.165, 1.54) is 11.1 Å². The van der Waals surface area contributed by atoms with Gasteiger partial charge in [-0.05, 0) is 23.0 Å². The summed E-state index contributed by atoms with van der Waals surface area (Å²) in [7, 11) is 0. The van der Waals surface area contributed by atoms with Gasteiger partial charge < -0.3 is 0 Å². The average molecular weight is 255 g/mol. The van der Waals surface area contributed by atoms with Crippen LogP contribution in [0.5, 0.6) is 0 Å². The fourth-order valence-electron chi connectivity index (χ4n) is 3.43. The van der Waals surface area contributed by atoms with E-state index in [9.17, 15) is 0 Å². The van der Waals surface area contributed by atoms with Gasteiger partial charge in [-0.15, -0.1) is 0 Å². The number of fused-ring (bicyclic) bond motifs is 1. The van der Waals surface area contributed by atoms with Crippen molar-refractivity contribution in [2.75, 3.05) is 0 Å². The molecule has 0 aliphatic rings. The largest absolute Gasteiger partial charge is 0.253 e. The molecule has 0 unspecified atom stereocenters. The lowest BCUT2D eigenvalue weighted by molar-refractivity contribution is 0.172. The Morgan fingerprint density at radius 3 is 1.95 bits per heavy atom. The fourth-order valence-corrected chi connectivity index (χ4v) is 3.43. The first-order chi connectivity index (χ1) is 8.69. The van der Waals surface area contributed by atoms with E-state index in [1.54, 1.807) is 0 Å². The molecule has 0 radical (unpaired) electrons. The Hall–Kier alpha value is -1.37. The smallest absolute Gasteiger partial charge is 0.0705 e. The van der Waals surface area contributed by atoms with Crippen LogP contribution in [-0.2, 0) is 0 Å². The molecule has 1 aromatic heterocycles. The van der Waals surface area contributed by atoms with Crippen molar-refractivity contribution in [3.8, 4) is 0 Å². The summed E-state index contributed by atoms with van der Waals surface area (Å²) in [6, 6.07) is 12.7. The van der Waals surface area contributed by atoms with Gasteiger partial charge in [-0.3, -0.25) is 4.98 Å². The Bertz CT molecular complexity index is 556. The van der Waals surface area contributed by atoms with Crippen LogP contribution >= 0.6 is 0 Å². The molecular formula is C18H25N. The number of rotatable bonds is 1. The molecule has 0 saturated carbocycles. The minimum Gasteiger partial charge on any atom is -0.253 e. The number of benzene rings is 1. The highest BCUT2D eigenvalue weighted by Gasteiger charge is 2.37. The monoisotopic (exact) mass is 255 g/mol. The second-order valence-corrected chi connectivity index (χ2v) is 7.59. The second-order valence-electron chi connectivity index (χ2n) is 7.59. The summed E-state index contributed by atoms with van der Waals surface area (Å²) in [5.74, 6) is 0.435. The van der Waals surface area contributed by atoms with Gasteiger partial charge >= 0.3 is 0 Å². The van der Waals surface area contributed by atoms with Crippen LogP contribution in [0.15, 0.2) is 36.4 Å². The maximum Gasteiger partial charge on any atom is 0.0705 e. The third-order valence-corrected chi connectivity index (χ3v) is 3.65. The minimum atomic E-state index is 0.202. The molecular weight excluding hydrogens is 230 g/mol. The average Bonchev–Trinajstić information content (AvgIpc) is 2.25. The first-order valence-corrected chi connectivity index (χ1v) is 7.05. The van der Waals surface area contributed by atoms with Gasteiger partial charge in [-0.1, -0.05) is 65.8 Å². The number of pyridine rings is 1. The highest BCUT2D eigenvalue weighted by Crippen LogP contribution is 2.46. The van der Waals surface area contributed by atoms with Gasteiger partial charge in [0.25, 0.3) is 0 Å². The summed E-state index contributed by atoms with van der Waals surface area (Å²) in [4.78, 5) is 4.91. The zero-order valence-corrected chi connectivity index (χ0v) is 13.0. The third kappa shape index (κ3) is 2.97. The van der Waals surface area contributed by atoms with Crippen molar-refractivity contribution in [1.29, 1.82) is 0 Å². The summed E-state index contributed by atoms with van der Waals surface area (Å²) in [5, 5.41) is 1.22. The molecule has 1 heteroatoms. The van der Waals surface area contributed by atoms with E-state index >= 15 is 0 Å². The normalized spacial score (nSPS) is 13.2. The van der Waals surface area contributed by atoms with E-state index in [2.05, 4.69) is 77.9 Å². The number of nitrogens with zero attached hydrogens (tertiary/aromatic N) is 1. The van der Waals surface area contributed by atoms with Gasteiger partial charge in [0, 0.05) is 17.0 Å². The van der Waals surface area contributed by atoms with Crippen LogP contribution in [0.4, 0.5) is 0 Å². The predicted molar refractivity (Wildman–Crippen MR) is 83.4 cm³/mol. The maximum absolute atomic E-state index is 4.91. The highest BCUT2D eigenvalue weighted by molar-refractivity contribution is 5.78. The zero-order valence-electron chi connectivity index (χ0n) is 13.0. The van der Waals surface area contributed by atoms with Crippen molar-refractivity contribution in [3.05, 3.63) is 42.1 Å². The molecule has 0 fully saturated rings. The van der Waals surface area contributed by atoms with Crippen molar-refractivity contribution < 1.29 is 0 Å². The highest BCUT2D eigenvalue weighted by atomic mass is 14.7. The summed E-state index contributed by atoms with van der Waals surface area (Å²) in [6.45, 7) is 13.8. The van der Waals surface area contributed by atoms with Gasteiger partial charge in [0.05, 0.1) is 5.52 Å². The van der Waals surface area contributed by atoms with Crippen LogP contribution in [0.2, 0.25) is 0 Å². The van der Waals surface area contributed by atoms with E-state index in [4.69, 9.17) is 4.98 Å². The Morgan fingerprint density at radius 2 is 1.37 bits per heavy atom. The molecule has 19 heavy (non-hydrogen) atoms. The van der Waals surface area contributed by atoms with Gasteiger partial charge in [0.1, 0.15) is 0 Å². The van der Waals surface area contributed by atoms with E-state index in [0.29, 0.717) is 5.92 Å². The van der Waals surface area contributed by atoms with E-state index in [0.717, 1.165) is 5.52 Å². The second kappa shape index (κ2) is 4.63. The van der Waals surface area contributed by atoms with Crippen LogP contribution in [0, 0.1) is 10.8 Å². The molecule has 102 valence electrons. The molecule has 0 amide bonds. The van der Waals surface area contributed by atoms with Crippen molar-refractivity contribution in [2.24, 2.45) is 10.8 Å². The Balaban J connectivity index is 2.57. The molecule has 1 heterocycles. The molecule has 0 saturated heterocycles. The number of hydrogen-bond donors (Lipinski definition) is 0. The fraction of sp³-hybridized carbons (Fsp3) is 0.500. The molecule has 0 aliphatic heterocycles. The van der Waals surface area contributed by atoms with Crippen LogP contribution < -0.4 is 0 Å². The Labute approximate surface area is 117 Å². The minimum absolute atomic E-state index is 0.202. The van der Waals surface area contributed by atoms with Gasteiger partial charge in [-0.2, -0.15) is 0 Å². The van der Waals surface area contributed by atoms with Crippen molar-refractivity contribution >= 4 is 10.9 Å². The number of aromatic nitrogens is 1. The van der Waals surface area contributed by atoms with E-state index < -0.39 is 0 Å². The van der Waals surface area contributed by atoms with Crippen molar-refractivity contribution in [2.45, 2.75) is 47.5 Å². The molecule has 0 N–H and O–H groups in total.